The number of aliphatic hydroxyl groups excluding tert-OH is 1. The van der Waals surface area contributed by atoms with Crippen molar-refractivity contribution >= 4 is 17.7 Å². The van der Waals surface area contributed by atoms with E-state index in [9.17, 15) is 19.5 Å². The molecule has 1 unspecified atom stereocenters. The number of hydrogen-bond acceptors (Lipinski definition) is 5. The lowest BCUT2D eigenvalue weighted by Gasteiger charge is -2.16. The van der Waals surface area contributed by atoms with Crippen molar-refractivity contribution in [1.29, 1.82) is 0 Å². The summed E-state index contributed by atoms with van der Waals surface area (Å²) in [6.45, 7) is 1.47. The minimum Gasteiger partial charge on any atom is -0.491 e. The van der Waals surface area contributed by atoms with Crippen molar-refractivity contribution in [2.45, 2.75) is 13.0 Å². The number of benzene rings is 2. The molecule has 7 nitrogen and oxygen atoms in total. The Kier molecular flexibility index (Phi) is 5.52. The molecule has 27 heavy (non-hydrogen) atoms. The summed E-state index contributed by atoms with van der Waals surface area (Å²) in [5.41, 5.74) is 1.53. The molecule has 0 saturated carbocycles. The van der Waals surface area contributed by atoms with E-state index in [1.165, 1.54) is 0 Å². The van der Waals surface area contributed by atoms with Gasteiger partial charge in [-0.2, -0.15) is 0 Å². The SMILES string of the molecule is Cc1ccccc1OCC(O)CNC(=O)CN1C(=O)c2ccccc2C1=O. The number of fused-ring (bicyclic) bond motifs is 1. The lowest BCUT2D eigenvalue weighted by Crippen LogP contribution is -2.43. The van der Waals surface area contributed by atoms with Gasteiger partial charge in [0.1, 0.15) is 25.0 Å². The Balaban J connectivity index is 1.47. The van der Waals surface area contributed by atoms with Crippen LogP contribution in [0.15, 0.2) is 48.5 Å². The standard InChI is InChI=1S/C20H20N2O5/c1-13-6-2-5-9-17(13)27-12-14(23)10-21-18(24)11-22-19(25)15-7-3-4-8-16(15)20(22)26/h2-9,14,23H,10-12H2,1H3,(H,21,24). The third-order valence-corrected chi connectivity index (χ3v) is 4.24. The zero-order valence-corrected chi connectivity index (χ0v) is 14.8. The number of aryl methyl sites for hydroxylation is 1. The highest BCUT2D eigenvalue weighted by Crippen LogP contribution is 2.21. The Morgan fingerprint density at radius 3 is 2.30 bits per heavy atom. The second-order valence-electron chi connectivity index (χ2n) is 6.28. The minimum absolute atomic E-state index is 0.0121. The van der Waals surface area contributed by atoms with Gasteiger partial charge in [0, 0.05) is 6.54 Å². The van der Waals surface area contributed by atoms with Crippen molar-refractivity contribution in [2.75, 3.05) is 19.7 Å². The van der Waals surface area contributed by atoms with E-state index >= 15 is 0 Å². The van der Waals surface area contributed by atoms with Crippen molar-refractivity contribution in [1.82, 2.24) is 10.2 Å². The number of para-hydroxylation sites is 1. The maximum Gasteiger partial charge on any atom is 0.262 e. The summed E-state index contributed by atoms with van der Waals surface area (Å²) < 4.78 is 5.52. The van der Waals surface area contributed by atoms with Gasteiger partial charge < -0.3 is 15.2 Å². The second kappa shape index (κ2) is 8.01. The van der Waals surface area contributed by atoms with E-state index in [4.69, 9.17) is 4.74 Å². The van der Waals surface area contributed by atoms with Crippen LogP contribution in [0.2, 0.25) is 0 Å². The van der Waals surface area contributed by atoms with Gasteiger partial charge in [0.05, 0.1) is 11.1 Å². The largest absolute Gasteiger partial charge is 0.491 e. The zero-order chi connectivity index (χ0) is 19.4. The van der Waals surface area contributed by atoms with Gasteiger partial charge in [0.2, 0.25) is 5.91 Å². The van der Waals surface area contributed by atoms with Crippen LogP contribution in [0, 0.1) is 6.92 Å². The summed E-state index contributed by atoms with van der Waals surface area (Å²) in [5, 5.41) is 12.5. The van der Waals surface area contributed by atoms with E-state index < -0.39 is 30.4 Å². The monoisotopic (exact) mass is 368 g/mol. The van der Waals surface area contributed by atoms with E-state index in [0.29, 0.717) is 16.9 Å². The predicted octanol–water partition coefficient (Wildman–Crippen LogP) is 1.15. The Hall–Kier alpha value is -3.19. The Labute approximate surface area is 156 Å². The van der Waals surface area contributed by atoms with Crippen LogP contribution in [0.4, 0.5) is 0 Å². The fourth-order valence-corrected chi connectivity index (χ4v) is 2.78. The molecule has 140 valence electrons. The van der Waals surface area contributed by atoms with Crippen molar-refractivity contribution < 1.29 is 24.2 Å². The van der Waals surface area contributed by atoms with E-state index in [2.05, 4.69) is 5.32 Å². The van der Waals surface area contributed by atoms with Crippen LogP contribution >= 0.6 is 0 Å². The summed E-state index contributed by atoms with van der Waals surface area (Å²) in [6, 6.07) is 13.8. The molecule has 0 aromatic heterocycles. The Morgan fingerprint density at radius 1 is 1.07 bits per heavy atom. The van der Waals surface area contributed by atoms with Crippen molar-refractivity contribution in [2.24, 2.45) is 0 Å². The third kappa shape index (κ3) is 4.15. The van der Waals surface area contributed by atoms with E-state index in [1.54, 1.807) is 30.3 Å². The lowest BCUT2D eigenvalue weighted by atomic mass is 10.1. The summed E-state index contributed by atoms with van der Waals surface area (Å²) in [5.74, 6) is -0.850. The average Bonchev–Trinajstić information content (AvgIpc) is 2.91. The van der Waals surface area contributed by atoms with Gasteiger partial charge >= 0.3 is 0 Å². The molecule has 0 bridgehead atoms. The number of carbonyl (C=O) groups is 3. The van der Waals surface area contributed by atoms with Crippen LogP contribution in [0.3, 0.4) is 0 Å². The van der Waals surface area contributed by atoms with Gasteiger partial charge in [0.15, 0.2) is 0 Å². The first-order valence-electron chi connectivity index (χ1n) is 8.56. The fraction of sp³-hybridized carbons (Fsp3) is 0.250. The van der Waals surface area contributed by atoms with Gasteiger partial charge in [-0.3, -0.25) is 19.3 Å². The van der Waals surface area contributed by atoms with Gasteiger partial charge in [-0.25, -0.2) is 0 Å². The van der Waals surface area contributed by atoms with Gasteiger partial charge in [0.25, 0.3) is 11.8 Å². The topological polar surface area (TPSA) is 95.9 Å². The first-order valence-corrected chi connectivity index (χ1v) is 8.56. The summed E-state index contributed by atoms with van der Waals surface area (Å²) in [4.78, 5) is 37.4. The highest BCUT2D eigenvalue weighted by atomic mass is 16.5. The molecule has 7 heteroatoms. The number of rotatable bonds is 7. The predicted molar refractivity (Wildman–Crippen MR) is 97.5 cm³/mol. The number of nitrogens with zero attached hydrogens (tertiary/aromatic N) is 1. The number of hydrogen-bond donors (Lipinski definition) is 2. The highest BCUT2D eigenvalue weighted by Gasteiger charge is 2.36. The molecule has 0 radical (unpaired) electrons. The molecule has 1 atom stereocenters. The summed E-state index contributed by atoms with van der Waals surface area (Å²) in [6.07, 6.45) is -0.921. The molecule has 0 spiro atoms. The highest BCUT2D eigenvalue weighted by molar-refractivity contribution is 6.22. The number of nitrogens with one attached hydrogen (secondary N) is 1. The average molecular weight is 368 g/mol. The second-order valence-corrected chi connectivity index (χ2v) is 6.28. The smallest absolute Gasteiger partial charge is 0.262 e. The molecular formula is C20H20N2O5. The maximum absolute atomic E-state index is 12.2. The van der Waals surface area contributed by atoms with Gasteiger partial charge in [-0.15, -0.1) is 0 Å². The van der Waals surface area contributed by atoms with E-state index in [-0.39, 0.29) is 13.2 Å². The number of imide groups is 1. The van der Waals surface area contributed by atoms with E-state index in [0.717, 1.165) is 10.5 Å². The molecule has 1 heterocycles. The fourth-order valence-electron chi connectivity index (χ4n) is 2.78. The minimum atomic E-state index is -0.921. The van der Waals surface area contributed by atoms with Crippen LogP contribution < -0.4 is 10.1 Å². The third-order valence-electron chi connectivity index (χ3n) is 4.24. The molecule has 1 aliphatic rings. The number of amides is 3. The zero-order valence-electron chi connectivity index (χ0n) is 14.8. The molecule has 3 amide bonds. The molecule has 2 aromatic carbocycles. The molecule has 2 N–H and O–H groups in total. The van der Waals surface area contributed by atoms with Crippen LogP contribution in [0.1, 0.15) is 26.3 Å². The molecule has 0 fully saturated rings. The Morgan fingerprint density at radius 2 is 1.67 bits per heavy atom. The molecule has 0 saturated heterocycles. The Bertz CT molecular complexity index is 845. The lowest BCUT2D eigenvalue weighted by molar-refractivity contribution is -0.121. The molecular weight excluding hydrogens is 348 g/mol. The number of carbonyl (C=O) groups excluding carboxylic acids is 3. The summed E-state index contributed by atoms with van der Waals surface area (Å²) >= 11 is 0. The molecule has 2 aromatic rings. The first-order chi connectivity index (χ1) is 13.0. The van der Waals surface area contributed by atoms with E-state index in [1.807, 2.05) is 25.1 Å². The number of ether oxygens (including phenoxy) is 1. The first kappa shape index (κ1) is 18.6. The van der Waals surface area contributed by atoms with Gasteiger partial charge in [-0.05, 0) is 30.7 Å². The van der Waals surface area contributed by atoms with Gasteiger partial charge in [-0.1, -0.05) is 30.3 Å². The van der Waals surface area contributed by atoms with Crippen LogP contribution in [-0.4, -0.2) is 53.5 Å². The molecule has 3 rings (SSSR count). The number of aliphatic hydroxyl groups is 1. The quantitative estimate of drug-likeness (QED) is 0.715. The maximum atomic E-state index is 12.2. The van der Waals surface area contributed by atoms with Crippen LogP contribution in [0.25, 0.3) is 0 Å². The van der Waals surface area contributed by atoms with Crippen molar-refractivity contribution in [3.63, 3.8) is 0 Å². The summed E-state index contributed by atoms with van der Waals surface area (Å²) in [7, 11) is 0. The van der Waals surface area contributed by atoms with Crippen molar-refractivity contribution in [3.8, 4) is 5.75 Å². The molecule has 1 aliphatic heterocycles. The molecule has 0 aliphatic carbocycles. The van der Waals surface area contributed by atoms with Crippen LogP contribution in [0.5, 0.6) is 5.75 Å². The normalized spacial score (nSPS) is 14.1. The van der Waals surface area contributed by atoms with Crippen molar-refractivity contribution in [3.05, 3.63) is 65.2 Å². The van der Waals surface area contributed by atoms with Crippen LogP contribution in [-0.2, 0) is 4.79 Å².